The topological polar surface area (TPSA) is 41.1 Å². The molecule has 22 heavy (non-hydrogen) atoms. The minimum absolute atomic E-state index is 0. The van der Waals surface area contributed by atoms with E-state index in [1.807, 2.05) is 66.7 Å². The Kier molecular flexibility index (Phi) is 8.08. The van der Waals surface area contributed by atoms with Gasteiger partial charge in [-0.3, -0.25) is 0 Å². The van der Waals surface area contributed by atoms with Crippen LogP contribution in [0.15, 0.2) is 78.9 Å². The summed E-state index contributed by atoms with van der Waals surface area (Å²) in [6.45, 7) is 0. The van der Waals surface area contributed by atoms with Gasteiger partial charge in [0.05, 0.1) is 10.7 Å². The first kappa shape index (κ1) is 18.0. The maximum atomic E-state index is 11.6. The van der Waals surface area contributed by atoms with Gasteiger partial charge in [0.2, 0.25) is 0 Å². The van der Waals surface area contributed by atoms with Crippen molar-refractivity contribution in [2.45, 2.75) is 0 Å². The molecule has 3 aromatic carbocycles. The Hall–Kier alpha value is -2.00. The number of anilines is 2. The molecule has 3 nitrogen and oxygen atoms in total. The normalized spacial score (nSPS) is 8.95. The Morgan fingerprint density at radius 3 is 2.18 bits per heavy atom. The van der Waals surface area contributed by atoms with Crippen LogP contribution in [0.2, 0.25) is 5.02 Å². The molecule has 0 aliphatic rings. The molecule has 0 unspecified atom stereocenters. The summed E-state index contributed by atoms with van der Waals surface area (Å²) in [6.07, 6.45) is 0. The summed E-state index contributed by atoms with van der Waals surface area (Å²) in [4.78, 5) is 11.6. The third-order valence-corrected chi connectivity index (χ3v) is 2.93. The van der Waals surface area contributed by atoms with Gasteiger partial charge >= 0.3 is 23.1 Å². The van der Waals surface area contributed by atoms with Crippen molar-refractivity contribution >= 4 is 29.0 Å². The molecule has 0 heterocycles. The van der Waals surface area contributed by atoms with Crippen LogP contribution in [0.3, 0.4) is 0 Å². The third-order valence-electron chi connectivity index (χ3n) is 2.60. The molecule has 0 saturated carbocycles. The smallest absolute Gasteiger partial charge is 0.371 e. The maximum absolute atomic E-state index is 11.6. The van der Waals surface area contributed by atoms with Gasteiger partial charge in [-0.25, -0.2) is 16.9 Å². The Bertz CT molecular complexity index is 634. The Labute approximate surface area is 145 Å². The van der Waals surface area contributed by atoms with E-state index in [4.69, 9.17) is 11.6 Å². The second kappa shape index (κ2) is 9.85. The number of hydrogen-bond acceptors (Lipinski definition) is 1. The van der Waals surface area contributed by atoms with Gasteiger partial charge in [-0.05, 0) is 12.1 Å². The Morgan fingerprint density at radius 1 is 0.909 bits per heavy atom. The van der Waals surface area contributed by atoms with Crippen LogP contribution >= 0.6 is 11.6 Å². The largest absolute Gasteiger partial charge is 2.00 e. The second-order valence-electron chi connectivity index (χ2n) is 4.19. The van der Waals surface area contributed by atoms with Crippen LogP contribution in [0.25, 0.3) is 0 Å². The van der Waals surface area contributed by atoms with E-state index in [2.05, 4.69) is 10.6 Å². The number of carbonyl (C=O) groups is 1. The monoisotopic (exact) mass is 354 g/mol. The van der Waals surface area contributed by atoms with E-state index < -0.39 is 0 Å². The van der Waals surface area contributed by atoms with Crippen LogP contribution in [0.5, 0.6) is 0 Å². The van der Waals surface area contributed by atoms with Crippen molar-refractivity contribution in [2.75, 3.05) is 10.6 Å². The van der Waals surface area contributed by atoms with E-state index in [0.717, 1.165) is 5.69 Å². The fourth-order valence-corrected chi connectivity index (χ4v) is 1.81. The molecular formula is C17H15ClFeN2O. The molecule has 114 valence electrons. The van der Waals surface area contributed by atoms with Crippen LogP contribution in [0.1, 0.15) is 0 Å². The third kappa shape index (κ3) is 6.19. The molecule has 0 aromatic heterocycles. The molecule has 0 aliphatic carbocycles. The van der Waals surface area contributed by atoms with E-state index >= 15 is 0 Å². The minimum Gasteiger partial charge on any atom is -0.371 e. The molecule has 0 atom stereocenters. The van der Waals surface area contributed by atoms with Crippen molar-refractivity contribution in [1.82, 2.24) is 0 Å². The number of carbonyl (C=O) groups excluding carboxylic acids is 1. The Morgan fingerprint density at radius 2 is 1.64 bits per heavy atom. The summed E-state index contributed by atoms with van der Waals surface area (Å²) in [5, 5.41) is 5.87. The number of urea groups is 1. The van der Waals surface area contributed by atoms with Crippen LogP contribution in [0, 0.1) is 0 Å². The number of benzene rings is 1. The predicted octanol–water partition coefficient (Wildman–Crippen LogP) is 5.11. The number of rotatable bonds is 2. The maximum Gasteiger partial charge on any atom is 2.00 e. The van der Waals surface area contributed by atoms with Gasteiger partial charge in [0, 0.05) is 0 Å². The molecule has 0 saturated heterocycles. The van der Waals surface area contributed by atoms with Crippen LogP contribution in [-0.2, 0) is 17.1 Å². The van der Waals surface area contributed by atoms with Gasteiger partial charge in [-0.1, -0.05) is 23.7 Å². The molecule has 3 aromatic rings. The molecule has 0 spiro atoms. The second-order valence-corrected chi connectivity index (χ2v) is 4.60. The summed E-state index contributed by atoms with van der Waals surface area (Å²) >= 11 is 5.91. The van der Waals surface area contributed by atoms with Gasteiger partial charge in [-0.15, -0.1) is 5.69 Å². The van der Waals surface area contributed by atoms with Crippen LogP contribution in [-0.4, -0.2) is 6.03 Å². The summed E-state index contributed by atoms with van der Waals surface area (Å²) in [5.41, 5.74) is 1.35. The first-order chi connectivity index (χ1) is 10.3. The van der Waals surface area contributed by atoms with E-state index in [1.165, 1.54) is 0 Å². The minimum atomic E-state index is -0.306. The average molecular weight is 355 g/mol. The average Bonchev–Trinajstić information content (AvgIpc) is 3.16. The van der Waals surface area contributed by atoms with Crippen molar-refractivity contribution in [3.63, 3.8) is 0 Å². The number of halogens is 1. The SMILES string of the molecule is O=C(Nc1cc[cH-]c1)Nc1ccccc1Cl.[Fe+2].c1cc[cH-]c1. The fourth-order valence-electron chi connectivity index (χ4n) is 1.63. The summed E-state index contributed by atoms with van der Waals surface area (Å²) in [7, 11) is 0. The van der Waals surface area contributed by atoms with Crippen molar-refractivity contribution in [3.05, 3.63) is 83.9 Å². The van der Waals surface area contributed by atoms with Crippen molar-refractivity contribution in [3.8, 4) is 0 Å². The zero-order chi connectivity index (χ0) is 14.9. The molecule has 0 bridgehead atoms. The Balaban J connectivity index is 0.000000344. The van der Waals surface area contributed by atoms with Gasteiger partial charge in [0.15, 0.2) is 0 Å². The molecule has 2 amide bonds. The predicted molar refractivity (Wildman–Crippen MR) is 88.2 cm³/mol. The van der Waals surface area contributed by atoms with Crippen molar-refractivity contribution in [1.29, 1.82) is 0 Å². The number of para-hydroxylation sites is 1. The van der Waals surface area contributed by atoms with Gasteiger partial charge < -0.3 is 10.6 Å². The van der Waals surface area contributed by atoms with Crippen molar-refractivity contribution < 1.29 is 21.9 Å². The molecule has 3 rings (SSSR count). The molecule has 0 aliphatic heterocycles. The van der Waals surface area contributed by atoms with E-state index in [1.54, 1.807) is 12.1 Å². The van der Waals surface area contributed by atoms with Crippen LogP contribution < -0.4 is 10.6 Å². The zero-order valence-corrected chi connectivity index (χ0v) is 13.5. The van der Waals surface area contributed by atoms with E-state index in [-0.39, 0.29) is 23.1 Å². The van der Waals surface area contributed by atoms with E-state index in [9.17, 15) is 4.79 Å². The summed E-state index contributed by atoms with van der Waals surface area (Å²) in [6, 6.07) is 24.1. The van der Waals surface area contributed by atoms with Crippen LogP contribution in [0.4, 0.5) is 16.2 Å². The van der Waals surface area contributed by atoms with E-state index in [0.29, 0.717) is 10.7 Å². The number of hydrogen-bond donors (Lipinski definition) is 2. The molecule has 0 radical (unpaired) electrons. The molecule has 2 N–H and O–H groups in total. The van der Waals surface area contributed by atoms with Gasteiger partial charge in [-0.2, -0.15) is 42.5 Å². The van der Waals surface area contributed by atoms with Crippen molar-refractivity contribution in [2.24, 2.45) is 0 Å². The summed E-state index contributed by atoms with van der Waals surface area (Å²) in [5.74, 6) is 0. The molecule has 0 fully saturated rings. The van der Waals surface area contributed by atoms with Gasteiger partial charge in [0.1, 0.15) is 0 Å². The molecular weight excluding hydrogens is 339 g/mol. The zero-order valence-electron chi connectivity index (χ0n) is 11.6. The number of amides is 2. The van der Waals surface area contributed by atoms with Gasteiger partial charge in [0.25, 0.3) is 0 Å². The first-order valence-electron chi connectivity index (χ1n) is 6.46. The quantitative estimate of drug-likeness (QED) is 0.487. The first-order valence-corrected chi connectivity index (χ1v) is 6.84. The number of nitrogens with one attached hydrogen (secondary N) is 2. The standard InChI is InChI=1S/C12H10ClN2O.C5H5.Fe/c13-10-7-3-4-8-11(10)15-12(16)14-9-5-1-2-6-9;1-2-4-5-3-1;/h1-8H,(H2,14,15,16);1-5H;/q2*-1;+2. The fraction of sp³-hybridized carbons (Fsp3) is 0. The summed E-state index contributed by atoms with van der Waals surface area (Å²) < 4.78 is 0. The molecule has 5 heteroatoms.